The van der Waals surface area contributed by atoms with E-state index in [0.717, 1.165) is 23.9 Å². The summed E-state index contributed by atoms with van der Waals surface area (Å²) < 4.78 is 8.81. The Balaban J connectivity index is 1.73. The summed E-state index contributed by atoms with van der Waals surface area (Å²) in [6.07, 6.45) is 1.59. The van der Waals surface area contributed by atoms with Gasteiger partial charge >= 0.3 is 11.8 Å². The Hall–Kier alpha value is -2.24. The molecule has 1 saturated heterocycles. The smallest absolute Gasteiger partial charge is 0.410 e. The first kappa shape index (κ1) is 17.6. The van der Waals surface area contributed by atoms with Crippen LogP contribution in [0.25, 0.3) is 11.0 Å². The van der Waals surface area contributed by atoms with Gasteiger partial charge in [-0.05, 0) is 57.2 Å². The van der Waals surface area contributed by atoms with Crippen molar-refractivity contribution >= 4 is 17.1 Å². The molecule has 0 N–H and O–H groups in total. The minimum absolute atomic E-state index is 0.00750. The molecular formula is C19H27N3O3. The van der Waals surface area contributed by atoms with Crippen molar-refractivity contribution in [3.8, 4) is 0 Å². The molecule has 3 rings (SSSR count). The summed E-state index contributed by atoms with van der Waals surface area (Å²) in [4.78, 5) is 26.0. The van der Waals surface area contributed by atoms with Crippen LogP contribution in [0.15, 0.2) is 23.0 Å². The van der Waals surface area contributed by atoms with E-state index in [9.17, 15) is 9.59 Å². The number of rotatable bonds is 1. The molecule has 2 heterocycles. The van der Waals surface area contributed by atoms with E-state index in [4.69, 9.17) is 4.74 Å². The number of imidazole rings is 1. The van der Waals surface area contributed by atoms with Crippen molar-refractivity contribution in [3.63, 3.8) is 0 Å². The van der Waals surface area contributed by atoms with Crippen molar-refractivity contribution in [1.29, 1.82) is 0 Å². The summed E-state index contributed by atoms with van der Waals surface area (Å²) in [5, 5.41) is 0. The van der Waals surface area contributed by atoms with Gasteiger partial charge in [0.1, 0.15) is 5.60 Å². The van der Waals surface area contributed by atoms with Crippen LogP contribution in [0.3, 0.4) is 0 Å². The highest BCUT2D eigenvalue weighted by molar-refractivity contribution is 5.77. The van der Waals surface area contributed by atoms with Crippen molar-refractivity contribution in [3.05, 3.63) is 34.2 Å². The molecule has 136 valence electrons. The number of aromatic nitrogens is 2. The highest BCUT2D eigenvalue weighted by atomic mass is 16.6. The number of amides is 1. The summed E-state index contributed by atoms with van der Waals surface area (Å²) in [5.41, 5.74) is 2.67. The quantitative estimate of drug-likeness (QED) is 0.798. The van der Waals surface area contributed by atoms with Crippen LogP contribution < -0.4 is 5.69 Å². The topological polar surface area (TPSA) is 56.5 Å². The predicted molar refractivity (Wildman–Crippen MR) is 97.9 cm³/mol. The van der Waals surface area contributed by atoms with Gasteiger partial charge in [-0.15, -0.1) is 0 Å². The zero-order valence-corrected chi connectivity index (χ0v) is 15.7. The Kier molecular flexibility index (Phi) is 4.39. The van der Waals surface area contributed by atoms with Gasteiger partial charge in [0.15, 0.2) is 0 Å². The number of aryl methyl sites for hydroxylation is 2. The molecule has 1 aromatic heterocycles. The van der Waals surface area contributed by atoms with Gasteiger partial charge in [-0.25, -0.2) is 9.59 Å². The predicted octanol–water partition coefficient (Wildman–Crippen LogP) is 2.99. The maximum Gasteiger partial charge on any atom is 0.410 e. The maximum atomic E-state index is 12.2. The van der Waals surface area contributed by atoms with E-state index >= 15 is 0 Å². The van der Waals surface area contributed by atoms with E-state index in [0.29, 0.717) is 19.0 Å². The molecule has 1 aliphatic heterocycles. The number of nitrogens with zero attached hydrogens (tertiary/aromatic N) is 3. The number of likely N-dealkylation sites (tertiary alicyclic amines) is 1. The van der Waals surface area contributed by atoms with E-state index < -0.39 is 5.60 Å². The average Bonchev–Trinajstić information content (AvgIpc) is 2.78. The average molecular weight is 345 g/mol. The number of hydrogen-bond acceptors (Lipinski definition) is 3. The highest BCUT2D eigenvalue weighted by Crippen LogP contribution is 2.30. The van der Waals surface area contributed by atoms with E-state index in [1.807, 2.05) is 26.8 Å². The van der Waals surface area contributed by atoms with Gasteiger partial charge in [-0.2, -0.15) is 0 Å². The van der Waals surface area contributed by atoms with Crippen LogP contribution in [0.4, 0.5) is 4.79 Å². The molecule has 6 nitrogen and oxygen atoms in total. The number of piperidine rings is 1. The molecule has 1 amide bonds. The van der Waals surface area contributed by atoms with Gasteiger partial charge in [0.25, 0.3) is 0 Å². The molecule has 0 saturated carbocycles. The first-order valence-electron chi connectivity index (χ1n) is 8.80. The standard InChI is InChI=1S/C19H27N3O3/c1-19(2,3)25-18(24)22-10-8-13(9-11-22)14-6-7-15-16(12-14)21(5)17(23)20(15)4/h6-7,12-13H,8-11H2,1-5H3. The number of carbonyl (C=O) groups excluding carboxylic acids is 1. The Morgan fingerprint density at radius 2 is 1.68 bits per heavy atom. The van der Waals surface area contributed by atoms with E-state index in [1.54, 1.807) is 28.1 Å². The van der Waals surface area contributed by atoms with Gasteiger partial charge in [0.05, 0.1) is 11.0 Å². The first-order valence-corrected chi connectivity index (χ1v) is 8.80. The van der Waals surface area contributed by atoms with E-state index in [1.165, 1.54) is 5.56 Å². The Morgan fingerprint density at radius 3 is 2.28 bits per heavy atom. The third-order valence-electron chi connectivity index (χ3n) is 4.91. The Bertz CT molecular complexity index is 849. The fraction of sp³-hybridized carbons (Fsp3) is 0.579. The molecule has 1 aromatic carbocycles. The lowest BCUT2D eigenvalue weighted by Crippen LogP contribution is -2.41. The molecule has 0 spiro atoms. The molecule has 0 aliphatic carbocycles. The van der Waals surface area contributed by atoms with Gasteiger partial charge < -0.3 is 9.64 Å². The number of ether oxygens (including phenoxy) is 1. The van der Waals surface area contributed by atoms with Crippen LogP contribution >= 0.6 is 0 Å². The molecule has 0 atom stereocenters. The third-order valence-corrected chi connectivity index (χ3v) is 4.91. The van der Waals surface area contributed by atoms with Gasteiger partial charge in [0.2, 0.25) is 0 Å². The van der Waals surface area contributed by atoms with Crippen LogP contribution in [0.5, 0.6) is 0 Å². The molecule has 0 unspecified atom stereocenters. The van der Waals surface area contributed by atoms with Crippen molar-refractivity contribution in [2.45, 2.75) is 45.1 Å². The molecule has 1 fully saturated rings. The number of benzene rings is 1. The second-order valence-electron chi connectivity index (χ2n) is 7.89. The highest BCUT2D eigenvalue weighted by Gasteiger charge is 2.27. The summed E-state index contributed by atoms with van der Waals surface area (Å²) in [5.74, 6) is 0.401. The van der Waals surface area contributed by atoms with Crippen LogP contribution in [0, 0.1) is 0 Å². The Morgan fingerprint density at radius 1 is 1.08 bits per heavy atom. The Labute approximate surface area is 148 Å². The fourth-order valence-corrected chi connectivity index (χ4v) is 3.50. The molecule has 25 heavy (non-hydrogen) atoms. The van der Waals surface area contributed by atoms with Crippen LogP contribution in [0.2, 0.25) is 0 Å². The second-order valence-corrected chi connectivity index (χ2v) is 7.89. The minimum atomic E-state index is -0.461. The number of hydrogen-bond donors (Lipinski definition) is 0. The zero-order chi connectivity index (χ0) is 18.4. The monoisotopic (exact) mass is 345 g/mol. The number of carbonyl (C=O) groups is 1. The summed E-state index contributed by atoms with van der Waals surface area (Å²) in [6.45, 7) is 7.06. The van der Waals surface area contributed by atoms with Crippen molar-refractivity contribution in [2.75, 3.05) is 13.1 Å². The van der Waals surface area contributed by atoms with Crippen molar-refractivity contribution < 1.29 is 9.53 Å². The van der Waals surface area contributed by atoms with Crippen molar-refractivity contribution in [1.82, 2.24) is 14.0 Å². The molecule has 6 heteroatoms. The third kappa shape index (κ3) is 3.43. The van der Waals surface area contributed by atoms with Crippen molar-refractivity contribution in [2.24, 2.45) is 14.1 Å². The maximum absolute atomic E-state index is 12.2. The largest absolute Gasteiger partial charge is 0.444 e. The van der Waals surface area contributed by atoms with Crippen LogP contribution in [0.1, 0.15) is 45.1 Å². The normalized spacial score (nSPS) is 16.4. The van der Waals surface area contributed by atoms with E-state index in [-0.39, 0.29) is 11.8 Å². The lowest BCUT2D eigenvalue weighted by atomic mass is 9.89. The van der Waals surface area contributed by atoms with Crippen LogP contribution in [-0.2, 0) is 18.8 Å². The lowest BCUT2D eigenvalue weighted by Gasteiger charge is -2.33. The van der Waals surface area contributed by atoms with E-state index in [2.05, 4.69) is 12.1 Å². The second kappa shape index (κ2) is 6.24. The number of fused-ring (bicyclic) bond motifs is 1. The van der Waals surface area contributed by atoms with Gasteiger partial charge in [-0.1, -0.05) is 6.07 Å². The summed E-state index contributed by atoms with van der Waals surface area (Å²) in [6, 6.07) is 6.24. The minimum Gasteiger partial charge on any atom is -0.444 e. The van der Waals surface area contributed by atoms with Gasteiger partial charge in [0, 0.05) is 27.2 Å². The SMILES string of the molecule is Cn1c(=O)n(C)c2cc(C3CCN(C(=O)OC(C)(C)C)CC3)ccc21. The molecule has 0 bridgehead atoms. The molecular weight excluding hydrogens is 318 g/mol. The lowest BCUT2D eigenvalue weighted by molar-refractivity contribution is 0.0205. The fourth-order valence-electron chi connectivity index (χ4n) is 3.50. The summed E-state index contributed by atoms with van der Waals surface area (Å²) in [7, 11) is 3.60. The van der Waals surface area contributed by atoms with Crippen LogP contribution in [-0.4, -0.2) is 38.8 Å². The molecule has 1 aliphatic rings. The summed E-state index contributed by atoms with van der Waals surface area (Å²) >= 11 is 0. The zero-order valence-electron chi connectivity index (χ0n) is 15.7. The molecule has 2 aromatic rings. The first-order chi connectivity index (χ1) is 11.7. The van der Waals surface area contributed by atoms with Gasteiger partial charge in [-0.3, -0.25) is 9.13 Å². The molecule has 0 radical (unpaired) electrons.